The number of rotatable bonds is 3. The lowest BCUT2D eigenvalue weighted by Crippen LogP contribution is -2.54. The zero-order valence-electron chi connectivity index (χ0n) is 12.6. The Labute approximate surface area is 131 Å². The second-order valence-corrected chi connectivity index (χ2v) is 8.36. The van der Waals surface area contributed by atoms with E-state index in [4.69, 9.17) is 0 Å². The first-order chi connectivity index (χ1) is 10.7. The smallest absolute Gasteiger partial charge is 0.282 e. The summed E-state index contributed by atoms with van der Waals surface area (Å²) in [6, 6.07) is 3.89. The van der Waals surface area contributed by atoms with Crippen LogP contribution in [0.15, 0.2) is 24.5 Å². The molecule has 1 saturated carbocycles. The van der Waals surface area contributed by atoms with E-state index in [1.54, 1.807) is 21.0 Å². The molecule has 2 saturated heterocycles. The highest BCUT2D eigenvalue weighted by atomic mass is 32.2. The van der Waals surface area contributed by atoms with Gasteiger partial charge in [-0.15, -0.1) is 0 Å². The van der Waals surface area contributed by atoms with Gasteiger partial charge in [0, 0.05) is 44.6 Å². The number of piperazine rings is 1. The van der Waals surface area contributed by atoms with Crippen LogP contribution in [0, 0.1) is 5.92 Å². The Morgan fingerprint density at radius 3 is 2.86 bits per heavy atom. The fourth-order valence-corrected chi connectivity index (χ4v) is 6.19. The van der Waals surface area contributed by atoms with Crippen molar-refractivity contribution in [1.29, 1.82) is 0 Å². The molecule has 1 N–H and O–H groups in total. The highest BCUT2D eigenvalue weighted by Crippen LogP contribution is 2.41. The molecule has 0 spiro atoms. The molecule has 4 rings (SSSR count). The van der Waals surface area contributed by atoms with Crippen LogP contribution in [-0.4, -0.2) is 54.2 Å². The monoisotopic (exact) mass is 322 g/mol. The van der Waals surface area contributed by atoms with Crippen LogP contribution in [0.1, 0.15) is 30.9 Å². The van der Waals surface area contributed by atoms with Gasteiger partial charge in [0.15, 0.2) is 0 Å². The second kappa shape index (κ2) is 5.56. The number of hydrogen-bond donors (Lipinski definition) is 1. The molecule has 3 heterocycles. The van der Waals surface area contributed by atoms with Crippen molar-refractivity contribution < 1.29 is 8.42 Å². The topological polar surface area (TPSA) is 65.5 Å². The highest BCUT2D eigenvalue weighted by molar-refractivity contribution is 7.86. The number of nitrogens with zero attached hydrogens (tertiary/aromatic N) is 3. The maximum Gasteiger partial charge on any atom is 0.282 e. The molecule has 3 atom stereocenters. The van der Waals surface area contributed by atoms with Crippen molar-refractivity contribution in [2.45, 2.75) is 31.3 Å². The first-order valence-electron chi connectivity index (χ1n) is 8.05. The normalized spacial score (nSPS) is 33.4. The van der Waals surface area contributed by atoms with Crippen molar-refractivity contribution in [3.63, 3.8) is 0 Å². The van der Waals surface area contributed by atoms with Crippen molar-refractivity contribution in [1.82, 2.24) is 18.9 Å². The van der Waals surface area contributed by atoms with Crippen molar-refractivity contribution in [2.75, 3.05) is 26.2 Å². The molecular weight excluding hydrogens is 300 g/mol. The van der Waals surface area contributed by atoms with Crippen molar-refractivity contribution >= 4 is 10.2 Å². The van der Waals surface area contributed by atoms with Crippen LogP contribution in [0.4, 0.5) is 0 Å². The maximum atomic E-state index is 13.2. The Balaban J connectivity index is 1.64. The van der Waals surface area contributed by atoms with Gasteiger partial charge >= 0.3 is 0 Å². The Morgan fingerprint density at radius 1 is 1.27 bits per heavy atom. The molecule has 22 heavy (non-hydrogen) atoms. The van der Waals surface area contributed by atoms with Crippen molar-refractivity contribution in [2.24, 2.45) is 5.92 Å². The molecule has 3 unspecified atom stereocenters. The van der Waals surface area contributed by atoms with Gasteiger partial charge in [0.2, 0.25) is 0 Å². The van der Waals surface area contributed by atoms with Crippen molar-refractivity contribution in [3.8, 4) is 0 Å². The fourth-order valence-electron chi connectivity index (χ4n) is 4.12. The van der Waals surface area contributed by atoms with Gasteiger partial charge in [-0.3, -0.25) is 4.98 Å². The zero-order valence-corrected chi connectivity index (χ0v) is 13.4. The lowest BCUT2D eigenvalue weighted by Gasteiger charge is -2.39. The van der Waals surface area contributed by atoms with Gasteiger partial charge in [-0.25, -0.2) is 0 Å². The fraction of sp³-hybridized carbons (Fsp3) is 0.667. The Hall–Kier alpha value is -1.02. The molecule has 2 bridgehead atoms. The summed E-state index contributed by atoms with van der Waals surface area (Å²) in [7, 11) is -3.39. The lowest BCUT2D eigenvalue weighted by molar-refractivity contribution is 0.232. The predicted molar refractivity (Wildman–Crippen MR) is 83.3 cm³/mol. The third-order valence-corrected chi connectivity index (χ3v) is 7.28. The van der Waals surface area contributed by atoms with Crippen LogP contribution in [-0.2, 0) is 10.2 Å². The zero-order chi connectivity index (χ0) is 15.2. The van der Waals surface area contributed by atoms with E-state index >= 15 is 0 Å². The lowest BCUT2D eigenvalue weighted by atomic mass is 10.1. The van der Waals surface area contributed by atoms with Gasteiger partial charge in [0.25, 0.3) is 10.2 Å². The Kier molecular flexibility index (Phi) is 3.68. The summed E-state index contributed by atoms with van der Waals surface area (Å²) in [6.07, 6.45) is 6.75. The number of piperidine rings is 1. The summed E-state index contributed by atoms with van der Waals surface area (Å²) in [5.41, 5.74) is 0.961. The van der Waals surface area contributed by atoms with Crippen molar-refractivity contribution in [3.05, 3.63) is 30.1 Å². The van der Waals surface area contributed by atoms with E-state index in [0.717, 1.165) is 18.4 Å². The third-order valence-electron chi connectivity index (χ3n) is 5.22. The molecule has 1 aliphatic carbocycles. The molecule has 7 heteroatoms. The Bertz CT molecular complexity index is 636. The van der Waals surface area contributed by atoms with E-state index in [1.807, 2.05) is 12.1 Å². The minimum Gasteiger partial charge on any atom is -0.313 e. The Morgan fingerprint density at radius 2 is 2.18 bits per heavy atom. The number of hydrogen-bond acceptors (Lipinski definition) is 4. The van der Waals surface area contributed by atoms with E-state index in [2.05, 4.69) is 10.3 Å². The van der Waals surface area contributed by atoms with Gasteiger partial charge in [-0.05, 0) is 36.8 Å². The highest BCUT2D eigenvalue weighted by Gasteiger charge is 2.47. The molecule has 0 radical (unpaired) electrons. The number of fused-ring (bicyclic) bond motifs is 2. The van der Waals surface area contributed by atoms with E-state index < -0.39 is 10.2 Å². The second-order valence-electron chi connectivity index (χ2n) is 6.53. The van der Waals surface area contributed by atoms with Gasteiger partial charge in [-0.2, -0.15) is 17.0 Å². The molecule has 1 aromatic heterocycles. The summed E-state index contributed by atoms with van der Waals surface area (Å²) < 4.78 is 29.8. The number of pyridine rings is 1. The van der Waals surface area contributed by atoms with E-state index in [1.165, 1.54) is 6.42 Å². The number of aromatic nitrogens is 1. The minimum absolute atomic E-state index is 0.161. The largest absolute Gasteiger partial charge is 0.313 e. The molecule has 0 aromatic carbocycles. The molecule has 0 amide bonds. The first kappa shape index (κ1) is 14.6. The first-order valence-corrected chi connectivity index (χ1v) is 9.45. The molecule has 1 aromatic rings. The SMILES string of the molecule is O=S(=O)(N1CC2CCC1C2)N1CCNCC1c1cccnc1. The molecular formula is C15H22N4O2S. The predicted octanol–water partition coefficient (Wildman–Crippen LogP) is 0.757. The number of nitrogens with one attached hydrogen (secondary N) is 1. The quantitative estimate of drug-likeness (QED) is 0.892. The summed E-state index contributed by atoms with van der Waals surface area (Å²) in [6.45, 7) is 2.58. The van der Waals surface area contributed by atoms with Crippen LogP contribution in [0.25, 0.3) is 0 Å². The van der Waals surface area contributed by atoms with Crippen LogP contribution in [0.3, 0.4) is 0 Å². The molecule has 6 nitrogen and oxygen atoms in total. The van der Waals surface area contributed by atoms with E-state index in [0.29, 0.717) is 32.1 Å². The van der Waals surface area contributed by atoms with Gasteiger partial charge < -0.3 is 5.32 Å². The third kappa shape index (κ3) is 2.36. The molecule has 2 aliphatic heterocycles. The average molecular weight is 322 g/mol. The molecule has 120 valence electrons. The van der Waals surface area contributed by atoms with Crippen LogP contribution in [0.2, 0.25) is 0 Å². The van der Waals surface area contributed by atoms with E-state index in [-0.39, 0.29) is 12.1 Å². The summed E-state index contributed by atoms with van der Waals surface area (Å²) >= 11 is 0. The standard InChI is InChI=1S/C15H22N4O2S/c20-22(21,19-11-12-3-4-14(19)8-12)18-7-6-17-10-15(18)13-2-1-5-16-9-13/h1-2,5,9,12,14-15,17H,3-4,6-8,10-11H2. The summed E-state index contributed by atoms with van der Waals surface area (Å²) in [4.78, 5) is 4.15. The molecule has 3 fully saturated rings. The summed E-state index contributed by atoms with van der Waals surface area (Å²) in [5.74, 6) is 0.569. The maximum absolute atomic E-state index is 13.2. The average Bonchev–Trinajstić information content (AvgIpc) is 3.19. The van der Waals surface area contributed by atoms with Crippen LogP contribution >= 0.6 is 0 Å². The molecule has 3 aliphatic rings. The minimum atomic E-state index is -3.39. The van der Waals surface area contributed by atoms with Gasteiger partial charge in [0.05, 0.1) is 6.04 Å². The van der Waals surface area contributed by atoms with Gasteiger partial charge in [-0.1, -0.05) is 6.07 Å². The van der Waals surface area contributed by atoms with Crippen LogP contribution < -0.4 is 5.32 Å². The van der Waals surface area contributed by atoms with Gasteiger partial charge in [0.1, 0.15) is 0 Å². The van der Waals surface area contributed by atoms with E-state index in [9.17, 15) is 8.42 Å². The summed E-state index contributed by atoms with van der Waals surface area (Å²) in [5, 5.41) is 3.31. The van der Waals surface area contributed by atoms with Crippen LogP contribution in [0.5, 0.6) is 0 Å².